The number of hydrogen-bond acceptors (Lipinski definition) is 4. The van der Waals surface area contributed by atoms with Gasteiger partial charge in [-0.25, -0.2) is 4.79 Å². The largest absolute Gasteiger partial charge is 0.513 e. The molecular formula is C18H21NO3. The maximum Gasteiger partial charge on any atom is 0.513 e. The molecule has 0 radical (unpaired) electrons. The van der Waals surface area contributed by atoms with Gasteiger partial charge < -0.3 is 14.4 Å². The van der Waals surface area contributed by atoms with E-state index in [9.17, 15) is 4.79 Å². The number of carbonyl (C=O) groups is 1. The number of benzene rings is 2. The average molecular weight is 299 g/mol. The Morgan fingerprint density at radius 1 is 0.955 bits per heavy atom. The molecule has 0 aliphatic rings. The van der Waals surface area contributed by atoms with Crippen molar-refractivity contribution in [2.75, 3.05) is 24.6 Å². The molecule has 0 heterocycles. The first kappa shape index (κ1) is 15.9. The number of carbonyl (C=O) groups excluding carboxylic acids is 1. The van der Waals surface area contributed by atoms with Gasteiger partial charge in [0.15, 0.2) is 0 Å². The number of rotatable bonds is 7. The third-order valence-electron chi connectivity index (χ3n) is 3.14. The molecule has 0 aliphatic carbocycles. The Kier molecular flexibility index (Phi) is 6.30. The van der Waals surface area contributed by atoms with Crippen molar-refractivity contribution in [2.24, 2.45) is 0 Å². The van der Waals surface area contributed by atoms with Crippen molar-refractivity contribution in [3.05, 3.63) is 60.7 Å². The molecule has 2 aromatic rings. The molecule has 0 amide bonds. The SMILES string of the molecule is CCCN(CCOC(=O)Oc1ccccc1)c1ccccc1. The zero-order valence-electron chi connectivity index (χ0n) is 12.8. The van der Waals surface area contributed by atoms with Crippen LogP contribution >= 0.6 is 0 Å². The molecule has 0 unspecified atom stereocenters. The van der Waals surface area contributed by atoms with Crippen molar-refractivity contribution in [3.8, 4) is 5.75 Å². The summed E-state index contributed by atoms with van der Waals surface area (Å²) in [4.78, 5) is 13.8. The van der Waals surface area contributed by atoms with Crippen molar-refractivity contribution in [3.63, 3.8) is 0 Å². The molecule has 4 nitrogen and oxygen atoms in total. The molecule has 0 N–H and O–H groups in total. The quantitative estimate of drug-likeness (QED) is 0.569. The van der Waals surface area contributed by atoms with E-state index in [1.165, 1.54) is 0 Å². The molecule has 0 aliphatic heterocycles. The van der Waals surface area contributed by atoms with Gasteiger partial charge in [-0.2, -0.15) is 0 Å². The van der Waals surface area contributed by atoms with Gasteiger partial charge in [0.2, 0.25) is 0 Å². The van der Waals surface area contributed by atoms with Crippen molar-refractivity contribution in [1.29, 1.82) is 0 Å². The Morgan fingerprint density at radius 3 is 2.23 bits per heavy atom. The lowest BCUT2D eigenvalue weighted by Gasteiger charge is -2.23. The summed E-state index contributed by atoms with van der Waals surface area (Å²) in [6, 6.07) is 19.0. The van der Waals surface area contributed by atoms with Gasteiger partial charge in [-0.05, 0) is 30.7 Å². The Labute approximate surface area is 131 Å². The van der Waals surface area contributed by atoms with Gasteiger partial charge in [0.25, 0.3) is 0 Å². The third kappa shape index (κ3) is 5.13. The fourth-order valence-electron chi connectivity index (χ4n) is 2.13. The molecule has 22 heavy (non-hydrogen) atoms. The van der Waals surface area contributed by atoms with Gasteiger partial charge in [0.05, 0.1) is 6.54 Å². The second-order valence-electron chi connectivity index (χ2n) is 4.84. The Morgan fingerprint density at radius 2 is 1.59 bits per heavy atom. The van der Waals surface area contributed by atoms with Crippen LogP contribution in [-0.2, 0) is 4.74 Å². The number of ether oxygens (including phenoxy) is 2. The van der Waals surface area contributed by atoms with E-state index in [-0.39, 0.29) is 0 Å². The topological polar surface area (TPSA) is 38.8 Å². The van der Waals surface area contributed by atoms with E-state index in [2.05, 4.69) is 24.0 Å². The predicted molar refractivity (Wildman–Crippen MR) is 87.4 cm³/mol. The van der Waals surface area contributed by atoms with Crippen LogP contribution in [0.2, 0.25) is 0 Å². The van der Waals surface area contributed by atoms with Crippen LogP contribution in [0.5, 0.6) is 5.75 Å². The lowest BCUT2D eigenvalue weighted by atomic mass is 10.2. The highest BCUT2D eigenvalue weighted by Crippen LogP contribution is 2.13. The first-order valence-electron chi connectivity index (χ1n) is 7.49. The van der Waals surface area contributed by atoms with Gasteiger partial charge in [0, 0.05) is 12.2 Å². The highest BCUT2D eigenvalue weighted by Gasteiger charge is 2.09. The molecule has 0 atom stereocenters. The zero-order chi connectivity index (χ0) is 15.6. The average Bonchev–Trinajstić information content (AvgIpc) is 2.56. The summed E-state index contributed by atoms with van der Waals surface area (Å²) in [7, 11) is 0. The Balaban J connectivity index is 1.79. The van der Waals surface area contributed by atoms with Crippen LogP contribution in [0.4, 0.5) is 10.5 Å². The van der Waals surface area contributed by atoms with E-state index in [0.717, 1.165) is 18.7 Å². The van der Waals surface area contributed by atoms with Crippen LogP contribution in [0, 0.1) is 0 Å². The van der Waals surface area contributed by atoms with E-state index < -0.39 is 6.16 Å². The van der Waals surface area contributed by atoms with Gasteiger partial charge in [-0.1, -0.05) is 43.3 Å². The van der Waals surface area contributed by atoms with E-state index in [4.69, 9.17) is 9.47 Å². The lowest BCUT2D eigenvalue weighted by Crippen LogP contribution is -2.29. The minimum atomic E-state index is -0.671. The zero-order valence-corrected chi connectivity index (χ0v) is 12.8. The summed E-state index contributed by atoms with van der Waals surface area (Å²) in [6.07, 6.45) is 0.360. The summed E-state index contributed by atoms with van der Waals surface area (Å²) >= 11 is 0. The van der Waals surface area contributed by atoms with Crippen molar-refractivity contribution >= 4 is 11.8 Å². The minimum absolute atomic E-state index is 0.292. The van der Waals surface area contributed by atoms with Crippen LogP contribution < -0.4 is 9.64 Å². The molecule has 0 bridgehead atoms. The van der Waals surface area contributed by atoms with Crippen LogP contribution in [0.15, 0.2) is 60.7 Å². The fraction of sp³-hybridized carbons (Fsp3) is 0.278. The van der Waals surface area contributed by atoms with E-state index in [1.807, 2.05) is 24.3 Å². The maximum absolute atomic E-state index is 11.6. The molecule has 2 aromatic carbocycles. The number of para-hydroxylation sites is 2. The summed E-state index contributed by atoms with van der Waals surface area (Å²) < 4.78 is 10.2. The number of nitrogens with zero attached hydrogens (tertiary/aromatic N) is 1. The minimum Gasteiger partial charge on any atom is -0.432 e. The van der Waals surface area contributed by atoms with Crippen LogP contribution in [-0.4, -0.2) is 25.9 Å². The monoisotopic (exact) mass is 299 g/mol. The van der Waals surface area contributed by atoms with E-state index in [0.29, 0.717) is 18.9 Å². The third-order valence-corrected chi connectivity index (χ3v) is 3.14. The second-order valence-corrected chi connectivity index (χ2v) is 4.84. The van der Waals surface area contributed by atoms with Crippen molar-refractivity contribution in [2.45, 2.75) is 13.3 Å². The lowest BCUT2D eigenvalue weighted by molar-refractivity contribution is 0.101. The summed E-state index contributed by atoms with van der Waals surface area (Å²) in [5.41, 5.74) is 1.13. The maximum atomic E-state index is 11.6. The van der Waals surface area contributed by atoms with Crippen LogP contribution in [0.3, 0.4) is 0 Å². The fourth-order valence-corrected chi connectivity index (χ4v) is 2.13. The smallest absolute Gasteiger partial charge is 0.432 e. The molecule has 116 valence electrons. The first-order valence-corrected chi connectivity index (χ1v) is 7.49. The standard InChI is InChI=1S/C18H21NO3/c1-2-13-19(16-9-5-3-6-10-16)14-15-21-18(20)22-17-11-7-4-8-12-17/h3-12H,2,13-15H2,1H3. The summed E-state index contributed by atoms with van der Waals surface area (Å²) in [6.45, 7) is 3.98. The second kappa shape index (κ2) is 8.72. The number of anilines is 1. The van der Waals surface area contributed by atoms with Gasteiger partial charge >= 0.3 is 6.16 Å². The highest BCUT2D eigenvalue weighted by molar-refractivity contribution is 5.63. The van der Waals surface area contributed by atoms with E-state index >= 15 is 0 Å². The Bertz CT molecular complexity index is 557. The highest BCUT2D eigenvalue weighted by atomic mass is 16.7. The molecule has 4 heteroatoms. The molecule has 0 saturated heterocycles. The van der Waals surface area contributed by atoms with Crippen LogP contribution in [0.25, 0.3) is 0 Å². The van der Waals surface area contributed by atoms with E-state index in [1.54, 1.807) is 24.3 Å². The van der Waals surface area contributed by atoms with Gasteiger partial charge in [-0.3, -0.25) is 0 Å². The normalized spacial score (nSPS) is 10.0. The molecule has 0 fully saturated rings. The molecule has 0 saturated carbocycles. The molecule has 0 aromatic heterocycles. The Hall–Kier alpha value is -2.49. The van der Waals surface area contributed by atoms with Crippen molar-refractivity contribution < 1.29 is 14.3 Å². The first-order chi connectivity index (χ1) is 10.8. The van der Waals surface area contributed by atoms with Crippen LogP contribution in [0.1, 0.15) is 13.3 Å². The molecular weight excluding hydrogens is 278 g/mol. The number of hydrogen-bond donors (Lipinski definition) is 0. The van der Waals surface area contributed by atoms with Crippen molar-refractivity contribution in [1.82, 2.24) is 0 Å². The molecule has 2 rings (SSSR count). The predicted octanol–water partition coefficient (Wildman–Crippen LogP) is 4.12. The van der Waals surface area contributed by atoms with Gasteiger partial charge in [0.1, 0.15) is 12.4 Å². The summed E-state index contributed by atoms with van der Waals surface area (Å²) in [5.74, 6) is 0.487. The summed E-state index contributed by atoms with van der Waals surface area (Å²) in [5, 5.41) is 0. The van der Waals surface area contributed by atoms with Gasteiger partial charge in [-0.15, -0.1) is 0 Å². The molecule has 0 spiro atoms.